The van der Waals surface area contributed by atoms with Gasteiger partial charge in [0.05, 0.1) is 22.9 Å². The Labute approximate surface area is 112 Å². The van der Waals surface area contributed by atoms with E-state index in [0.717, 1.165) is 36.2 Å². The van der Waals surface area contributed by atoms with Crippen molar-refractivity contribution in [3.05, 3.63) is 36.2 Å². The molecule has 0 bridgehead atoms. The van der Waals surface area contributed by atoms with Crippen molar-refractivity contribution in [2.75, 3.05) is 13.2 Å². The van der Waals surface area contributed by atoms with Gasteiger partial charge in [-0.1, -0.05) is 12.1 Å². The van der Waals surface area contributed by atoms with Crippen LogP contribution in [0.25, 0.3) is 11.0 Å². The first kappa shape index (κ1) is 12.5. The van der Waals surface area contributed by atoms with Gasteiger partial charge in [0.15, 0.2) is 0 Å². The van der Waals surface area contributed by atoms with Gasteiger partial charge in [0.25, 0.3) is 0 Å². The zero-order chi connectivity index (χ0) is 13.1. The maximum absolute atomic E-state index is 9.03. The second-order valence-electron chi connectivity index (χ2n) is 5.43. The van der Waals surface area contributed by atoms with Gasteiger partial charge in [-0.2, -0.15) is 0 Å². The quantitative estimate of drug-likeness (QED) is 0.829. The summed E-state index contributed by atoms with van der Waals surface area (Å²) in [5.41, 5.74) is 3.20. The third kappa shape index (κ3) is 2.91. The lowest BCUT2D eigenvalue weighted by Gasteiger charge is -2.14. The van der Waals surface area contributed by atoms with Crippen LogP contribution in [-0.2, 0) is 6.54 Å². The lowest BCUT2D eigenvalue weighted by atomic mass is 10.0. The molecule has 0 unspecified atom stereocenters. The van der Waals surface area contributed by atoms with Gasteiger partial charge in [0.1, 0.15) is 0 Å². The summed E-state index contributed by atoms with van der Waals surface area (Å²) in [6.45, 7) is 1.99. The van der Waals surface area contributed by atoms with Crippen LogP contribution >= 0.6 is 0 Å². The average Bonchev–Trinajstić information content (AvgIpc) is 3.19. The van der Waals surface area contributed by atoms with E-state index >= 15 is 0 Å². The highest BCUT2D eigenvalue weighted by Gasteiger charge is 2.41. The number of nitrogens with one attached hydrogen (secondary N) is 1. The van der Waals surface area contributed by atoms with Crippen molar-refractivity contribution in [1.82, 2.24) is 15.3 Å². The Kier molecular flexibility index (Phi) is 3.44. The van der Waals surface area contributed by atoms with Crippen LogP contribution in [0.1, 0.15) is 25.0 Å². The molecule has 1 heterocycles. The van der Waals surface area contributed by atoms with Crippen LogP contribution in [0, 0.1) is 5.41 Å². The van der Waals surface area contributed by atoms with Gasteiger partial charge < -0.3 is 10.4 Å². The lowest BCUT2D eigenvalue weighted by Crippen LogP contribution is -2.24. The summed E-state index contributed by atoms with van der Waals surface area (Å²) >= 11 is 0. The Morgan fingerprint density at radius 2 is 2.00 bits per heavy atom. The number of nitrogens with zero attached hydrogens (tertiary/aromatic N) is 2. The van der Waals surface area contributed by atoms with E-state index in [9.17, 15) is 0 Å². The summed E-state index contributed by atoms with van der Waals surface area (Å²) in [4.78, 5) is 8.99. The van der Waals surface area contributed by atoms with Crippen LogP contribution in [0.15, 0.2) is 30.5 Å². The molecule has 0 amide bonds. The predicted octanol–water partition coefficient (Wildman–Crippen LogP) is 1.88. The molecule has 3 rings (SSSR count). The summed E-state index contributed by atoms with van der Waals surface area (Å²) in [6.07, 6.45) is 5.19. The van der Waals surface area contributed by atoms with Crippen LogP contribution < -0.4 is 5.32 Å². The van der Waals surface area contributed by atoms with Crippen molar-refractivity contribution in [2.24, 2.45) is 5.41 Å². The Balaban J connectivity index is 1.59. The summed E-state index contributed by atoms with van der Waals surface area (Å²) < 4.78 is 0. The molecule has 2 aromatic rings. The number of benzene rings is 1. The van der Waals surface area contributed by atoms with Crippen LogP contribution in [0.2, 0.25) is 0 Å². The Hall–Kier alpha value is -1.52. The fraction of sp³-hybridized carbons (Fsp3) is 0.467. The second kappa shape index (κ2) is 5.23. The highest BCUT2D eigenvalue weighted by Crippen LogP contribution is 2.47. The van der Waals surface area contributed by atoms with Gasteiger partial charge in [0, 0.05) is 19.7 Å². The van der Waals surface area contributed by atoms with E-state index in [4.69, 9.17) is 5.11 Å². The molecule has 0 radical (unpaired) electrons. The molecule has 0 saturated heterocycles. The molecule has 1 fully saturated rings. The number of aromatic nitrogens is 2. The van der Waals surface area contributed by atoms with E-state index in [1.54, 1.807) is 0 Å². The molecule has 1 aliphatic rings. The lowest BCUT2D eigenvalue weighted by molar-refractivity contribution is 0.245. The van der Waals surface area contributed by atoms with Crippen molar-refractivity contribution in [3.8, 4) is 0 Å². The number of hydrogen-bond acceptors (Lipinski definition) is 4. The maximum Gasteiger partial charge on any atom is 0.0890 e. The van der Waals surface area contributed by atoms with Gasteiger partial charge >= 0.3 is 0 Å². The van der Waals surface area contributed by atoms with Crippen LogP contribution in [0.3, 0.4) is 0 Å². The van der Waals surface area contributed by atoms with Gasteiger partial charge in [-0.3, -0.25) is 4.98 Å². The molecular weight excluding hydrogens is 238 g/mol. The first-order valence-electron chi connectivity index (χ1n) is 6.84. The summed E-state index contributed by atoms with van der Waals surface area (Å²) in [7, 11) is 0. The van der Waals surface area contributed by atoms with E-state index in [-0.39, 0.29) is 6.61 Å². The number of aliphatic hydroxyl groups excluding tert-OH is 1. The number of rotatable bonds is 6. The number of aliphatic hydroxyl groups is 1. The molecule has 0 atom stereocenters. The SMILES string of the molecule is OCCC1(CNCc2cnc3ccccc3n2)CC1. The highest BCUT2D eigenvalue weighted by atomic mass is 16.3. The van der Waals surface area contributed by atoms with Crippen molar-refractivity contribution >= 4 is 11.0 Å². The van der Waals surface area contributed by atoms with E-state index in [2.05, 4.69) is 15.3 Å². The predicted molar refractivity (Wildman–Crippen MR) is 74.6 cm³/mol. The Morgan fingerprint density at radius 1 is 1.21 bits per heavy atom. The van der Waals surface area contributed by atoms with Crippen molar-refractivity contribution in [1.29, 1.82) is 0 Å². The summed E-state index contributed by atoms with van der Waals surface area (Å²) in [5.74, 6) is 0. The zero-order valence-electron chi connectivity index (χ0n) is 11.0. The number of hydrogen-bond donors (Lipinski definition) is 2. The fourth-order valence-corrected chi connectivity index (χ4v) is 2.47. The molecular formula is C15H19N3O. The van der Waals surface area contributed by atoms with Gasteiger partial charge in [0.2, 0.25) is 0 Å². The first-order chi connectivity index (χ1) is 9.31. The van der Waals surface area contributed by atoms with Crippen molar-refractivity contribution in [2.45, 2.75) is 25.8 Å². The molecule has 0 aliphatic heterocycles. The molecule has 100 valence electrons. The number of fused-ring (bicyclic) bond motifs is 1. The van der Waals surface area contributed by atoms with Crippen molar-refractivity contribution in [3.63, 3.8) is 0 Å². The smallest absolute Gasteiger partial charge is 0.0890 e. The van der Waals surface area contributed by atoms with Gasteiger partial charge in [-0.15, -0.1) is 0 Å². The molecule has 2 N–H and O–H groups in total. The molecule has 1 aromatic heterocycles. The van der Waals surface area contributed by atoms with E-state index in [1.807, 2.05) is 30.5 Å². The molecule has 1 aliphatic carbocycles. The largest absolute Gasteiger partial charge is 0.396 e. The van der Waals surface area contributed by atoms with Gasteiger partial charge in [-0.25, -0.2) is 4.98 Å². The maximum atomic E-state index is 9.03. The van der Waals surface area contributed by atoms with E-state index in [0.29, 0.717) is 5.41 Å². The summed E-state index contributed by atoms with van der Waals surface area (Å²) in [5, 5.41) is 12.5. The highest BCUT2D eigenvalue weighted by molar-refractivity contribution is 5.73. The van der Waals surface area contributed by atoms with Gasteiger partial charge in [-0.05, 0) is 36.8 Å². The topological polar surface area (TPSA) is 58.0 Å². The Bertz CT molecular complexity index is 566. The van der Waals surface area contributed by atoms with E-state index in [1.165, 1.54) is 12.8 Å². The molecule has 1 saturated carbocycles. The minimum Gasteiger partial charge on any atom is -0.396 e. The fourth-order valence-electron chi connectivity index (χ4n) is 2.47. The molecule has 4 nitrogen and oxygen atoms in total. The summed E-state index contributed by atoms with van der Waals surface area (Å²) in [6, 6.07) is 7.91. The second-order valence-corrected chi connectivity index (χ2v) is 5.43. The van der Waals surface area contributed by atoms with Crippen LogP contribution in [-0.4, -0.2) is 28.2 Å². The third-order valence-corrected chi connectivity index (χ3v) is 3.90. The average molecular weight is 257 g/mol. The van der Waals surface area contributed by atoms with Crippen molar-refractivity contribution < 1.29 is 5.11 Å². The third-order valence-electron chi connectivity index (χ3n) is 3.90. The molecule has 0 spiro atoms. The number of para-hydroxylation sites is 2. The zero-order valence-corrected chi connectivity index (χ0v) is 11.0. The first-order valence-corrected chi connectivity index (χ1v) is 6.84. The minimum atomic E-state index is 0.289. The van der Waals surface area contributed by atoms with E-state index < -0.39 is 0 Å². The Morgan fingerprint density at radius 3 is 2.74 bits per heavy atom. The standard InChI is InChI=1S/C15H19N3O/c19-8-7-15(5-6-15)11-16-9-12-10-17-13-3-1-2-4-14(13)18-12/h1-4,10,16,19H,5-9,11H2. The monoisotopic (exact) mass is 257 g/mol. The normalized spacial score (nSPS) is 16.7. The minimum absolute atomic E-state index is 0.289. The molecule has 4 heteroatoms. The van der Waals surface area contributed by atoms with Crippen LogP contribution in [0.5, 0.6) is 0 Å². The molecule has 19 heavy (non-hydrogen) atoms. The molecule has 1 aromatic carbocycles. The van der Waals surface area contributed by atoms with Crippen LogP contribution in [0.4, 0.5) is 0 Å².